The van der Waals surface area contributed by atoms with Crippen molar-refractivity contribution in [1.82, 2.24) is 5.32 Å². The number of hydrogen-bond acceptors (Lipinski definition) is 3. The molecule has 5 nitrogen and oxygen atoms in total. The number of hydrogen-bond donors (Lipinski definition) is 2. The van der Waals surface area contributed by atoms with Crippen LogP contribution in [-0.2, 0) is 9.59 Å². The minimum Gasteiger partial charge on any atom is -0.355 e. The first-order valence-electron chi connectivity index (χ1n) is 7.16. The van der Waals surface area contributed by atoms with Gasteiger partial charge in [0.2, 0.25) is 11.8 Å². The Hall–Kier alpha value is -2.17. The average Bonchev–Trinajstić information content (AvgIpc) is 3.16. The molecule has 0 heterocycles. The minimum atomic E-state index is -0.181. The molecule has 112 valence electrons. The van der Waals surface area contributed by atoms with E-state index in [1.807, 2.05) is 6.92 Å². The summed E-state index contributed by atoms with van der Waals surface area (Å²) in [6.45, 7) is 3.86. The number of Topliss-reactive ketones (excluding diaryl/α,β-unsaturated/α-hetero) is 1. The fraction of sp³-hybridized carbons (Fsp3) is 0.438. The van der Waals surface area contributed by atoms with Crippen molar-refractivity contribution in [1.29, 1.82) is 0 Å². The lowest BCUT2D eigenvalue weighted by atomic mass is 10.1. The molecule has 0 bridgehead atoms. The molecule has 0 aromatic heterocycles. The summed E-state index contributed by atoms with van der Waals surface area (Å²) in [7, 11) is 0. The highest BCUT2D eigenvalue weighted by Gasteiger charge is 2.38. The first-order valence-corrected chi connectivity index (χ1v) is 7.16. The third-order valence-corrected chi connectivity index (χ3v) is 3.65. The van der Waals surface area contributed by atoms with Gasteiger partial charge in [0, 0.05) is 30.1 Å². The SMILES string of the molecule is CC(=O)c1cccc(NC(=O)CCNC(=O)[C@H]2C[C@@H]2C)c1. The Kier molecular flexibility index (Phi) is 4.73. The van der Waals surface area contributed by atoms with Crippen molar-refractivity contribution in [2.45, 2.75) is 26.7 Å². The number of carbonyl (C=O) groups is 3. The molecule has 2 N–H and O–H groups in total. The Balaban J connectivity index is 1.75. The molecule has 5 heteroatoms. The quantitative estimate of drug-likeness (QED) is 0.786. The molecular formula is C16H20N2O3. The lowest BCUT2D eigenvalue weighted by Crippen LogP contribution is -2.29. The lowest BCUT2D eigenvalue weighted by molar-refractivity contribution is -0.122. The molecule has 0 spiro atoms. The van der Waals surface area contributed by atoms with Gasteiger partial charge in [-0.05, 0) is 31.4 Å². The van der Waals surface area contributed by atoms with Gasteiger partial charge < -0.3 is 10.6 Å². The van der Waals surface area contributed by atoms with E-state index in [0.29, 0.717) is 23.7 Å². The van der Waals surface area contributed by atoms with Crippen LogP contribution < -0.4 is 10.6 Å². The molecular weight excluding hydrogens is 268 g/mol. The second kappa shape index (κ2) is 6.52. The highest BCUT2D eigenvalue weighted by atomic mass is 16.2. The molecule has 1 aromatic carbocycles. The first-order chi connectivity index (χ1) is 9.97. The zero-order valence-electron chi connectivity index (χ0n) is 12.3. The minimum absolute atomic E-state index is 0.0360. The Labute approximate surface area is 124 Å². The number of anilines is 1. The molecule has 2 amide bonds. The maximum absolute atomic E-state index is 11.8. The van der Waals surface area contributed by atoms with Crippen molar-refractivity contribution >= 4 is 23.3 Å². The van der Waals surface area contributed by atoms with Gasteiger partial charge in [-0.3, -0.25) is 14.4 Å². The fourth-order valence-corrected chi connectivity index (χ4v) is 2.16. The molecule has 21 heavy (non-hydrogen) atoms. The summed E-state index contributed by atoms with van der Waals surface area (Å²) >= 11 is 0. The van der Waals surface area contributed by atoms with Crippen LogP contribution in [0.4, 0.5) is 5.69 Å². The molecule has 0 unspecified atom stereocenters. The zero-order valence-corrected chi connectivity index (χ0v) is 12.3. The second-order valence-electron chi connectivity index (χ2n) is 5.55. The van der Waals surface area contributed by atoms with Crippen molar-refractivity contribution < 1.29 is 14.4 Å². The zero-order chi connectivity index (χ0) is 15.4. The molecule has 0 radical (unpaired) electrons. The second-order valence-corrected chi connectivity index (χ2v) is 5.55. The van der Waals surface area contributed by atoms with Crippen LogP contribution >= 0.6 is 0 Å². The van der Waals surface area contributed by atoms with Gasteiger partial charge >= 0.3 is 0 Å². The van der Waals surface area contributed by atoms with Crippen LogP contribution in [0.2, 0.25) is 0 Å². The third-order valence-electron chi connectivity index (χ3n) is 3.65. The smallest absolute Gasteiger partial charge is 0.226 e. The summed E-state index contributed by atoms with van der Waals surface area (Å²) in [4.78, 5) is 34.6. The predicted molar refractivity (Wildman–Crippen MR) is 80.0 cm³/mol. The molecule has 0 saturated heterocycles. The van der Waals surface area contributed by atoms with Crippen LogP contribution in [0.25, 0.3) is 0 Å². The van der Waals surface area contributed by atoms with Crippen LogP contribution in [0.15, 0.2) is 24.3 Å². The third kappa shape index (κ3) is 4.41. The summed E-state index contributed by atoms with van der Waals surface area (Å²) in [5.74, 6) is 0.402. The highest BCUT2D eigenvalue weighted by Crippen LogP contribution is 2.37. The van der Waals surface area contributed by atoms with E-state index in [0.717, 1.165) is 6.42 Å². The summed E-state index contributed by atoms with van der Waals surface area (Å²) in [5, 5.41) is 5.49. The van der Waals surface area contributed by atoms with Gasteiger partial charge in [-0.25, -0.2) is 0 Å². The molecule has 2 rings (SSSR count). The van der Waals surface area contributed by atoms with E-state index >= 15 is 0 Å². The fourth-order valence-electron chi connectivity index (χ4n) is 2.16. The Morgan fingerprint density at radius 3 is 2.62 bits per heavy atom. The van der Waals surface area contributed by atoms with Crippen molar-refractivity contribution in [2.75, 3.05) is 11.9 Å². The summed E-state index contributed by atoms with van der Waals surface area (Å²) in [6.07, 6.45) is 1.16. The topological polar surface area (TPSA) is 75.3 Å². The Morgan fingerprint density at radius 1 is 1.29 bits per heavy atom. The van der Waals surface area contributed by atoms with E-state index in [2.05, 4.69) is 10.6 Å². The molecule has 1 aliphatic carbocycles. The number of nitrogens with one attached hydrogen (secondary N) is 2. The molecule has 1 aliphatic rings. The number of ketones is 1. The van der Waals surface area contributed by atoms with Crippen LogP contribution in [0, 0.1) is 11.8 Å². The predicted octanol–water partition coefficient (Wildman–Crippen LogP) is 1.99. The van der Waals surface area contributed by atoms with E-state index in [-0.39, 0.29) is 29.9 Å². The van der Waals surface area contributed by atoms with Crippen LogP contribution in [0.3, 0.4) is 0 Å². The number of rotatable bonds is 6. The molecule has 1 aromatic rings. The monoisotopic (exact) mass is 288 g/mol. The van der Waals surface area contributed by atoms with E-state index in [1.54, 1.807) is 24.3 Å². The van der Waals surface area contributed by atoms with E-state index in [9.17, 15) is 14.4 Å². The van der Waals surface area contributed by atoms with Gasteiger partial charge in [0.15, 0.2) is 5.78 Å². The Bertz CT molecular complexity index is 568. The summed E-state index contributed by atoms with van der Waals surface area (Å²) in [6, 6.07) is 6.80. The van der Waals surface area contributed by atoms with Gasteiger partial charge in [-0.2, -0.15) is 0 Å². The number of amides is 2. The van der Waals surface area contributed by atoms with Gasteiger partial charge in [0.05, 0.1) is 0 Å². The van der Waals surface area contributed by atoms with E-state index in [1.165, 1.54) is 6.92 Å². The van der Waals surface area contributed by atoms with Crippen molar-refractivity contribution in [3.8, 4) is 0 Å². The summed E-state index contributed by atoms with van der Waals surface area (Å²) in [5.41, 5.74) is 1.15. The van der Waals surface area contributed by atoms with Crippen molar-refractivity contribution in [2.24, 2.45) is 11.8 Å². The largest absolute Gasteiger partial charge is 0.355 e. The molecule has 1 fully saturated rings. The van der Waals surface area contributed by atoms with Crippen LogP contribution in [-0.4, -0.2) is 24.1 Å². The van der Waals surface area contributed by atoms with E-state index in [4.69, 9.17) is 0 Å². The molecule has 1 saturated carbocycles. The first kappa shape index (κ1) is 15.2. The van der Waals surface area contributed by atoms with Crippen molar-refractivity contribution in [3.05, 3.63) is 29.8 Å². The lowest BCUT2D eigenvalue weighted by Gasteiger charge is -2.07. The molecule has 2 atom stereocenters. The van der Waals surface area contributed by atoms with Gasteiger partial charge in [0.1, 0.15) is 0 Å². The standard InChI is InChI=1S/C16H20N2O3/c1-10-8-14(10)16(21)17-7-6-15(20)18-13-5-3-4-12(9-13)11(2)19/h3-5,9-10,14H,6-8H2,1-2H3,(H,17,21)(H,18,20)/t10-,14-/m0/s1. The highest BCUT2D eigenvalue weighted by molar-refractivity contribution is 5.97. The van der Waals surface area contributed by atoms with Gasteiger partial charge in [-0.15, -0.1) is 0 Å². The van der Waals surface area contributed by atoms with Gasteiger partial charge in [0.25, 0.3) is 0 Å². The Morgan fingerprint density at radius 2 is 2.00 bits per heavy atom. The van der Waals surface area contributed by atoms with Crippen LogP contribution in [0.5, 0.6) is 0 Å². The number of benzene rings is 1. The molecule has 0 aliphatic heterocycles. The van der Waals surface area contributed by atoms with Gasteiger partial charge in [-0.1, -0.05) is 19.1 Å². The normalized spacial score (nSPS) is 19.7. The van der Waals surface area contributed by atoms with E-state index < -0.39 is 0 Å². The van der Waals surface area contributed by atoms with Crippen LogP contribution in [0.1, 0.15) is 37.0 Å². The summed E-state index contributed by atoms with van der Waals surface area (Å²) < 4.78 is 0. The maximum Gasteiger partial charge on any atom is 0.226 e. The van der Waals surface area contributed by atoms with Crippen molar-refractivity contribution in [3.63, 3.8) is 0 Å². The maximum atomic E-state index is 11.8. The number of carbonyl (C=O) groups excluding carboxylic acids is 3. The average molecular weight is 288 g/mol.